The van der Waals surface area contributed by atoms with E-state index in [1.54, 1.807) is 0 Å². The second-order valence-corrected chi connectivity index (χ2v) is 10.8. The van der Waals surface area contributed by atoms with Crippen LogP contribution in [0.1, 0.15) is 27.7 Å². The molecular formula is C24H28O3SSi. The van der Waals surface area contributed by atoms with Gasteiger partial charge in [-0.1, -0.05) is 42.5 Å². The lowest BCUT2D eigenvalue weighted by Gasteiger charge is -2.35. The molecule has 0 fully saturated rings. The van der Waals surface area contributed by atoms with Gasteiger partial charge in [-0.25, -0.2) is 0 Å². The van der Waals surface area contributed by atoms with Crippen molar-refractivity contribution in [1.82, 2.24) is 0 Å². The fraction of sp³-hybridized carbons (Fsp3) is 0.250. The molecule has 3 nitrogen and oxygen atoms in total. The molecule has 3 aromatic carbocycles. The standard InChI is InChI=1S/C24H28O3SSi/c1-18(2)26-29(27-19(3)4,23-8-6-5-7-9-23)24-16-12-21(13-17-24)25-20-10-14-22(28)15-11-20/h5-19,28H,1-4H3. The highest BCUT2D eigenvalue weighted by molar-refractivity contribution is 7.80. The fourth-order valence-corrected chi connectivity index (χ4v) is 6.83. The molecule has 3 aromatic rings. The SMILES string of the molecule is CC(C)O[Si](OC(C)C)(c1ccccc1)c1ccc(Oc2ccc(S)cc2)cc1. The van der Waals surface area contributed by atoms with Crippen molar-refractivity contribution in [2.45, 2.75) is 44.8 Å². The van der Waals surface area contributed by atoms with Gasteiger partial charge in [-0.3, -0.25) is 0 Å². The molecule has 0 heterocycles. The second-order valence-electron chi connectivity index (χ2n) is 7.44. The average Bonchev–Trinajstić information content (AvgIpc) is 2.70. The van der Waals surface area contributed by atoms with Crippen LogP contribution >= 0.6 is 12.6 Å². The largest absolute Gasteiger partial charge is 0.457 e. The van der Waals surface area contributed by atoms with Gasteiger partial charge in [0.15, 0.2) is 0 Å². The van der Waals surface area contributed by atoms with Crippen LogP contribution in [-0.4, -0.2) is 20.8 Å². The summed E-state index contributed by atoms with van der Waals surface area (Å²) in [5.74, 6) is 1.55. The lowest BCUT2D eigenvalue weighted by atomic mass is 10.3. The van der Waals surface area contributed by atoms with E-state index >= 15 is 0 Å². The van der Waals surface area contributed by atoms with Crippen molar-refractivity contribution in [2.24, 2.45) is 0 Å². The maximum Gasteiger partial charge on any atom is 0.407 e. The molecule has 0 bridgehead atoms. The Balaban J connectivity index is 1.97. The van der Waals surface area contributed by atoms with Crippen LogP contribution in [0.25, 0.3) is 0 Å². The summed E-state index contributed by atoms with van der Waals surface area (Å²) in [5, 5.41) is 2.16. The molecule has 5 heteroatoms. The van der Waals surface area contributed by atoms with Gasteiger partial charge in [0.05, 0.1) is 0 Å². The van der Waals surface area contributed by atoms with E-state index in [1.807, 2.05) is 54.6 Å². The molecule has 0 amide bonds. The normalized spacial score (nSPS) is 11.8. The Morgan fingerprint density at radius 3 is 1.55 bits per heavy atom. The molecule has 0 aliphatic carbocycles. The van der Waals surface area contributed by atoms with Gasteiger partial charge in [0.2, 0.25) is 0 Å². The van der Waals surface area contributed by atoms with Gasteiger partial charge < -0.3 is 13.6 Å². The fourth-order valence-electron chi connectivity index (χ4n) is 3.18. The van der Waals surface area contributed by atoms with Gasteiger partial charge in [-0.15, -0.1) is 12.6 Å². The Bertz CT molecular complexity index is 884. The summed E-state index contributed by atoms with van der Waals surface area (Å²) in [4.78, 5) is 0.906. The van der Waals surface area contributed by atoms with E-state index in [0.717, 1.165) is 26.8 Å². The van der Waals surface area contributed by atoms with Crippen LogP contribution in [-0.2, 0) is 8.85 Å². The second kappa shape index (κ2) is 9.63. The summed E-state index contributed by atoms with van der Waals surface area (Å²) in [7, 11) is -2.86. The third kappa shape index (κ3) is 5.51. The first kappa shape index (κ1) is 21.7. The number of hydrogen-bond acceptors (Lipinski definition) is 4. The van der Waals surface area contributed by atoms with Crippen LogP contribution in [0.3, 0.4) is 0 Å². The van der Waals surface area contributed by atoms with Crippen molar-refractivity contribution in [3.8, 4) is 11.5 Å². The highest BCUT2D eigenvalue weighted by atomic mass is 32.1. The van der Waals surface area contributed by atoms with Crippen LogP contribution in [0.5, 0.6) is 11.5 Å². The Labute approximate surface area is 180 Å². The summed E-state index contributed by atoms with van der Waals surface area (Å²) in [6, 6.07) is 26.0. The minimum absolute atomic E-state index is 0.0382. The molecule has 0 saturated carbocycles. The first-order valence-corrected chi connectivity index (χ1v) is 12.1. The number of benzene rings is 3. The third-order valence-electron chi connectivity index (χ3n) is 4.26. The van der Waals surface area contributed by atoms with Crippen LogP contribution < -0.4 is 15.1 Å². The molecule has 29 heavy (non-hydrogen) atoms. The maximum atomic E-state index is 6.56. The van der Waals surface area contributed by atoms with Gasteiger partial charge in [0, 0.05) is 17.1 Å². The van der Waals surface area contributed by atoms with Crippen molar-refractivity contribution < 1.29 is 13.6 Å². The number of rotatable bonds is 8. The molecular weight excluding hydrogens is 396 g/mol. The van der Waals surface area contributed by atoms with E-state index in [9.17, 15) is 0 Å². The summed E-state index contributed by atoms with van der Waals surface area (Å²) >= 11 is 4.31. The summed E-state index contributed by atoms with van der Waals surface area (Å²) in [6.07, 6.45) is 0.0765. The van der Waals surface area contributed by atoms with Crippen molar-refractivity contribution in [1.29, 1.82) is 0 Å². The molecule has 0 spiro atoms. The van der Waals surface area contributed by atoms with Gasteiger partial charge in [0.25, 0.3) is 0 Å². The summed E-state index contributed by atoms with van der Waals surface area (Å²) in [5.41, 5.74) is 0. The van der Waals surface area contributed by atoms with Crippen molar-refractivity contribution in [3.63, 3.8) is 0 Å². The molecule has 0 unspecified atom stereocenters. The van der Waals surface area contributed by atoms with E-state index in [1.165, 1.54) is 0 Å². The molecule has 0 N–H and O–H groups in total. The molecule has 0 aliphatic heterocycles. The average molecular weight is 425 g/mol. The van der Waals surface area contributed by atoms with Crippen LogP contribution in [0.4, 0.5) is 0 Å². The van der Waals surface area contributed by atoms with Gasteiger partial charge in [-0.2, -0.15) is 0 Å². The van der Waals surface area contributed by atoms with Crippen LogP contribution in [0.15, 0.2) is 83.8 Å². The van der Waals surface area contributed by atoms with Crippen LogP contribution in [0.2, 0.25) is 0 Å². The monoisotopic (exact) mass is 424 g/mol. The zero-order valence-corrected chi connectivity index (χ0v) is 19.2. The van der Waals surface area contributed by atoms with E-state index in [4.69, 9.17) is 13.6 Å². The molecule has 3 rings (SSSR count). The third-order valence-corrected chi connectivity index (χ3v) is 8.36. The lowest BCUT2D eigenvalue weighted by molar-refractivity contribution is 0.125. The molecule has 0 saturated heterocycles. The highest BCUT2D eigenvalue weighted by Crippen LogP contribution is 2.23. The Morgan fingerprint density at radius 1 is 0.621 bits per heavy atom. The van der Waals surface area contributed by atoms with E-state index < -0.39 is 8.56 Å². The van der Waals surface area contributed by atoms with E-state index in [2.05, 4.69) is 64.6 Å². The zero-order chi connectivity index (χ0) is 20.9. The van der Waals surface area contributed by atoms with Crippen molar-refractivity contribution in [2.75, 3.05) is 0 Å². The minimum Gasteiger partial charge on any atom is -0.457 e. The molecule has 0 radical (unpaired) electrons. The lowest BCUT2D eigenvalue weighted by Crippen LogP contribution is -2.65. The smallest absolute Gasteiger partial charge is 0.407 e. The zero-order valence-electron chi connectivity index (χ0n) is 17.3. The minimum atomic E-state index is -2.86. The first-order chi connectivity index (χ1) is 13.9. The first-order valence-electron chi connectivity index (χ1n) is 9.87. The highest BCUT2D eigenvalue weighted by Gasteiger charge is 2.44. The number of thiol groups is 1. The number of ether oxygens (including phenoxy) is 1. The predicted octanol–water partition coefficient (Wildman–Crippen LogP) is 5.17. The van der Waals surface area contributed by atoms with Crippen molar-refractivity contribution in [3.05, 3.63) is 78.9 Å². The Morgan fingerprint density at radius 2 is 1.07 bits per heavy atom. The molecule has 0 atom stereocenters. The molecule has 152 valence electrons. The summed E-state index contributed by atoms with van der Waals surface area (Å²) in [6.45, 7) is 8.21. The summed E-state index contributed by atoms with van der Waals surface area (Å²) < 4.78 is 19.1. The van der Waals surface area contributed by atoms with Gasteiger partial charge in [-0.05, 0) is 74.5 Å². The maximum absolute atomic E-state index is 6.56. The van der Waals surface area contributed by atoms with Crippen LogP contribution in [0, 0.1) is 0 Å². The van der Waals surface area contributed by atoms with E-state index in [0.29, 0.717) is 0 Å². The van der Waals surface area contributed by atoms with E-state index in [-0.39, 0.29) is 12.2 Å². The Kier molecular flexibility index (Phi) is 7.19. The quantitative estimate of drug-likeness (QED) is 0.399. The molecule has 0 aliphatic rings. The van der Waals surface area contributed by atoms with Crippen molar-refractivity contribution >= 4 is 31.6 Å². The predicted molar refractivity (Wildman–Crippen MR) is 124 cm³/mol. The topological polar surface area (TPSA) is 27.7 Å². The van der Waals surface area contributed by atoms with Gasteiger partial charge in [0.1, 0.15) is 11.5 Å². The van der Waals surface area contributed by atoms with Gasteiger partial charge >= 0.3 is 8.56 Å². The number of hydrogen-bond donors (Lipinski definition) is 1. The Hall–Kier alpha value is -2.05. The molecule has 0 aromatic heterocycles.